The largest absolute Gasteiger partial charge is 0.507 e. The summed E-state index contributed by atoms with van der Waals surface area (Å²) in [5.74, 6) is -0.689. The second kappa shape index (κ2) is 4.97. The monoisotopic (exact) mass is 360 g/mol. The minimum Gasteiger partial charge on any atom is -0.507 e. The molecule has 18 heavy (non-hydrogen) atoms. The van der Waals surface area contributed by atoms with Crippen molar-refractivity contribution in [1.82, 2.24) is 0 Å². The summed E-state index contributed by atoms with van der Waals surface area (Å²) in [5.41, 5.74) is -0.663. The average molecular weight is 360 g/mol. The summed E-state index contributed by atoms with van der Waals surface area (Å²) in [6.07, 6.45) is 0. The van der Waals surface area contributed by atoms with Gasteiger partial charge in [-0.2, -0.15) is 0 Å². The Morgan fingerprint density at radius 2 is 2.22 bits per heavy atom. The molecule has 2 rings (SSSR count). The lowest BCUT2D eigenvalue weighted by molar-refractivity contribution is 0.0522. The number of ether oxygens (including phenoxy) is 1. The summed E-state index contributed by atoms with van der Waals surface area (Å²) < 4.78 is 10.2. The van der Waals surface area contributed by atoms with Crippen LogP contribution in [-0.4, -0.2) is 17.7 Å². The molecular formula is C12H9IO5. The maximum atomic E-state index is 11.7. The highest BCUT2D eigenvalue weighted by atomic mass is 127. The third-order valence-electron chi connectivity index (χ3n) is 2.32. The summed E-state index contributed by atoms with van der Waals surface area (Å²) >= 11 is 1.87. The van der Waals surface area contributed by atoms with Gasteiger partial charge in [-0.05, 0) is 47.7 Å². The molecular weight excluding hydrogens is 351 g/mol. The van der Waals surface area contributed by atoms with Crippen molar-refractivity contribution in [3.05, 3.63) is 37.8 Å². The molecule has 0 atom stereocenters. The summed E-state index contributed by atoms with van der Waals surface area (Å²) in [7, 11) is 0. The van der Waals surface area contributed by atoms with Crippen LogP contribution in [0.3, 0.4) is 0 Å². The van der Waals surface area contributed by atoms with Crippen molar-refractivity contribution < 1.29 is 19.1 Å². The molecule has 0 fully saturated rings. The molecule has 94 valence electrons. The van der Waals surface area contributed by atoms with Crippen molar-refractivity contribution in [2.24, 2.45) is 0 Å². The summed E-state index contributed by atoms with van der Waals surface area (Å²) in [6, 6.07) is 4.44. The first kappa shape index (κ1) is 12.9. The molecule has 6 heteroatoms. The van der Waals surface area contributed by atoms with Gasteiger partial charge in [-0.1, -0.05) is 0 Å². The predicted molar refractivity (Wildman–Crippen MR) is 72.8 cm³/mol. The number of hydrogen-bond donors (Lipinski definition) is 1. The highest BCUT2D eigenvalue weighted by Crippen LogP contribution is 2.28. The Hall–Kier alpha value is -1.57. The minimum absolute atomic E-state index is 0.0233. The lowest BCUT2D eigenvalue weighted by Gasteiger charge is -2.04. The van der Waals surface area contributed by atoms with Gasteiger partial charge in [0.1, 0.15) is 11.3 Å². The van der Waals surface area contributed by atoms with E-state index in [1.807, 2.05) is 22.6 Å². The highest BCUT2D eigenvalue weighted by molar-refractivity contribution is 14.1. The zero-order valence-electron chi connectivity index (χ0n) is 9.40. The van der Waals surface area contributed by atoms with Crippen LogP contribution < -0.4 is 5.63 Å². The molecule has 1 N–H and O–H groups in total. The Balaban J connectivity index is 2.67. The lowest BCUT2D eigenvalue weighted by Crippen LogP contribution is -2.16. The number of esters is 1. The van der Waals surface area contributed by atoms with Gasteiger partial charge in [0.2, 0.25) is 0 Å². The van der Waals surface area contributed by atoms with Gasteiger partial charge < -0.3 is 14.3 Å². The van der Waals surface area contributed by atoms with Crippen LogP contribution in [0.5, 0.6) is 5.75 Å². The van der Waals surface area contributed by atoms with Crippen LogP contribution >= 0.6 is 22.6 Å². The minimum atomic E-state index is -0.774. The molecule has 0 unspecified atom stereocenters. The van der Waals surface area contributed by atoms with E-state index in [-0.39, 0.29) is 23.5 Å². The topological polar surface area (TPSA) is 76.7 Å². The molecule has 5 nitrogen and oxygen atoms in total. The maximum absolute atomic E-state index is 11.7. The number of phenols is 1. The van der Waals surface area contributed by atoms with Crippen LogP contribution in [0, 0.1) is 3.57 Å². The van der Waals surface area contributed by atoms with Gasteiger partial charge in [-0.3, -0.25) is 0 Å². The highest BCUT2D eigenvalue weighted by Gasteiger charge is 2.16. The van der Waals surface area contributed by atoms with Crippen LogP contribution in [0.25, 0.3) is 11.0 Å². The van der Waals surface area contributed by atoms with Gasteiger partial charge in [0.25, 0.3) is 0 Å². The van der Waals surface area contributed by atoms with E-state index in [2.05, 4.69) is 0 Å². The summed E-state index contributed by atoms with van der Waals surface area (Å²) in [4.78, 5) is 23.2. The lowest BCUT2D eigenvalue weighted by atomic mass is 10.2. The van der Waals surface area contributed by atoms with Gasteiger partial charge in [0.15, 0.2) is 5.58 Å². The molecule has 0 bridgehead atoms. The first-order valence-corrected chi connectivity index (χ1v) is 6.25. The number of aromatic hydroxyl groups is 1. The number of phenolic OH excluding ortho intramolecular Hbond substituents is 1. The second-order valence-corrected chi connectivity index (χ2v) is 4.56. The Kier molecular flexibility index (Phi) is 3.55. The fraction of sp³-hybridized carbons (Fsp3) is 0.167. The number of hydrogen-bond acceptors (Lipinski definition) is 5. The Morgan fingerprint density at radius 3 is 2.89 bits per heavy atom. The second-order valence-electron chi connectivity index (χ2n) is 3.49. The SMILES string of the molecule is CCOC(=O)c1cc2ccc(O)c(I)c2oc1=O. The third kappa shape index (κ3) is 2.20. The van der Waals surface area contributed by atoms with E-state index in [1.165, 1.54) is 12.1 Å². The van der Waals surface area contributed by atoms with Crippen LogP contribution in [0.4, 0.5) is 0 Å². The average Bonchev–Trinajstić information content (AvgIpc) is 2.34. The Labute approximate surface area is 116 Å². The Morgan fingerprint density at radius 1 is 1.50 bits per heavy atom. The molecule has 0 spiro atoms. The first-order chi connectivity index (χ1) is 8.54. The number of carbonyl (C=O) groups excluding carboxylic acids is 1. The quantitative estimate of drug-likeness (QED) is 0.505. The van der Waals surface area contributed by atoms with E-state index in [4.69, 9.17) is 9.15 Å². The number of benzene rings is 1. The molecule has 0 saturated carbocycles. The predicted octanol–water partition coefficient (Wildman–Crippen LogP) is 2.28. The van der Waals surface area contributed by atoms with E-state index in [1.54, 1.807) is 13.0 Å². The van der Waals surface area contributed by atoms with Gasteiger partial charge in [-0.15, -0.1) is 0 Å². The Bertz CT molecular complexity index is 674. The number of halogens is 1. The van der Waals surface area contributed by atoms with Crippen LogP contribution in [0.2, 0.25) is 0 Å². The molecule has 1 aromatic carbocycles. The molecule has 0 aliphatic rings. The van der Waals surface area contributed by atoms with E-state index in [0.29, 0.717) is 8.96 Å². The van der Waals surface area contributed by atoms with Crippen molar-refractivity contribution in [2.45, 2.75) is 6.92 Å². The molecule has 2 aromatic rings. The van der Waals surface area contributed by atoms with Crippen molar-refractivity contribution in [2.75, 3.05) is 6.61 Å². The van der Waals surface area contributed by atoms with Crippen LogP contribution in [-0.2, 0) is 4.74 Å². The maximum Gasteiger partial charge on any atom is 0.351 e. The zero-order valence-corrected chi connectivity index (χ0v) is 11.6. The van der Waals surface area contributed by atoms with Gasteiger partial charge in [0, 0.05) is 5.39 Å². The van der Waals surface area contributed by atoms with Gasteiger partial charge in [0.05, 0.1) is 10.2 Å². The standard InChI is InChI=1S/C12H9IO5/c1-2-17-11(15)7-5-6-3-4-8(14)9(13)10(6)18-12(7)16/h3-5,14H,2H2,1H3. The molecule has 0 radical (unpaired) electrons. The first-order valence-electron chi connectivity index (χ1n) is 5.17. The van der Waals surface area contributed by atoms with E-state index in [0.717, 1.165) is 0 Å². The fourth-order valence-electron chi connectivity index (χ4n) is 1.49. The van der Waals surface area contributed by atoms with Crippen LogP contribution in [0.1, 0.15) is 17.3 Å². The van der Waals surface area contributed by atoms with Gasteiger partial charge in [-0.25, -0.2) is 9.59 Å². The smallest absolute Gasteiger partial charge is 0.351 e. The normalized spacial score (nSPS) is 10.6. The number of fused-ring (bicyclic) bond motifs is 1. The van der Waals surface area contributed by atoms with Crippen molar-refractivity contribution in [1.29, 1.82) is 0 Å². The van der Waals surface area contributed by atoms with Crippen molar-refractivity contribution in [3.63, 3.8) is 0 Å². The fourth-order valence-corrected chi connectivity index (χ4v) is 2.09. The number of carbonyl (C=O) groups is 1. The zero-order chi connectivity index (χ0) is 13.3. The van der Waals surface area contributed by atoms with Gasteiger partial charge >= 0.3 is 11.6 Å². The number of rotatable bonds is 2. The molecule has 0 saturated heterocycles. The van der Waals surface area contributed by atoms with E-state index < -0.39 is 11.6 Å². The van der Waals surface area contributed by atoms with Crippen molar-refractivity contribution >= 4 is 39.5 Å². The summed E-state index contributed by atoms with van der Waals surface area (Å²) in [5, 5.41) is 10.1. The molecule has 0 aliphatic carbocycles. The van der Waals surface area contributed by atoms with Crippen LogP contribution in [0.15, 0.2) is 27.4 Å². The molecule has 0 aliphatic heterocycles. The molecule has 1 aromatic heterocycles. The molecule has 0 amide bonds. The van der Waals surface area contributed by atoms with E-state index in [9.17, 15) is 14.7 Å². The van der Waals surface area contributed by atoms with E-state index >= 15 is 0 Å². The third-order valence-corrected chi connectivity index (χ3v) is 3.36. The van der Waals surface area contributed by atoms with Crippen molar-refractivity contribution in [3.8, 4) is 5.75 Å². The summed E-state index contributed by atoms with van der Waals surface area (Å²) in [6.45, 7) is 1.84. The molecule has 1 heterocycles.